The lowest BCUT2D eigenvalue weighted by molar-refractivity contribution is -0.115. The molecule has 0 bridgehead atoms. The van der Waals surface area contributed by atoms with Crippen LogP contribution in [0.2, 0.25) is 0 Å². The monoisotopic (exact) mass is 261 g/mol. The van der Waals surface area contributed by atoms with Crippen molar-refractivity contribution < 1.29 is 9.59 Å². The Labute approximate surface area is 113 Å². The van der Waals surface area contributed by atoms with Crippen LogP contribution < -0.4 is 16.0 Å². The smallest absolute Gasteiger partial charge is 0.332 e. The normalized spacial score (nSPS) is 11.0. The van der Waals surface area contributed by atoms with Gasteiger partial charge in [0.1, 0.15) is 0 Å². The van der Waals surface area contributed by atoms with Gasteiger partial charge in [0.05, 0.1) is 5.69 Å². The van der Waals surface area contributed by atoms with Gasteiger partial charge >= 0.3 is 6.03 Å². The second-order valence-corrected chi connectivity index (χ2v) is 4.24. The Morgan fingerprint density at radius 3 is 2.32 bits per heavy atom. The molecule has 0 saturated carbocycles. The van der Waals surface area contributed by atoms with Crippen LogP contribution in [-0.2, 0) is 4.79 Å². The zero-order chi connectivity index (χ0) is 14.4. The Bertz CT molecular complexity index is 492. The molecular formula is C14H19N3O2. The molecular weight excluding hydrogens is 242 g/mol. The lowest BCUT2D eigenvalue weighted by Crippen LogP contribution is -2.41. The number of allylic oxidation sites excluding steroid dienone is 1. The number of hydrogen-bond donors (Lipinski definition) is 2. The predicted molar refractivity (Wildman–Crippen MR) is 76.6 cm³/mol. The van der Waals surface area contributed by atoms with Crippen LogP contribution in [0.15, 0.2) is 36.0 Å². The van der Waals surface area contributed by atoms with Crippen molar-refractivity contribution in [1.29, 1.82) is 0 Å². The predicted octanol–water partition coefficient (Wildman–Crippen LogP) is 2.65. The Morgan fingerprint density at radius 1 is 1.26 bits per heavy atom. The van der Waals surface area contributed by atoms with E-state index >= 15 is 0 Å². The number of imide groups is 1. The van der Waals surface area contributed by atoms with E-state index in [2.05, 4.69) is 5.32 Å². The highest BCUT2D eigenvalue weighted by Gasteiger charge is 2.19. The Hall–Kier alpha value is -2.30. The summed E-state index contributed by atoms with van der Waals surface area (Å²) in [5, 5.41) is 2.60. The van der Waals surface area contributed by atoms with E-state index in [1.807, 2.05) is 13.8 Å². The SMILES string of the molecule is CC/C(C)=C/NC(=O)N(C(C)=O)c1ccc(N)cc1. The van der Waals surface area contributed by atoms with Crippen LogP contribution in [0.5, 0.6) is 0 Å². The topological polar surface area (TPSA) is 75.4 Å². The third-order valence-corrected chi connectivity index (χ3v) is 2.67. The maximum atomic E-state index is 12.0. The lowest BCUT2D eigenvalue weighted by Gasteiger charge is -2.19. The molecule has 0 unspecified atom stereocenters. The van der Waals surface area contributed by atoms with Crippen LogP contribution in [-0.4, -0.2) is 11.9 Å². The zero-order valence-corrected chi connectivity index (χ0v) is 11.4. The standard InChI is InChI=1S/C14H19N3O2/c1-4-10(2)9-16-14(19)17(11(3)18)13-7-5-12(15)6-8-13/h5-9H,4,15H2,1-3H3,(H,16,19)/b10-9+. The zero-order valence-electron chi connectivity index (χ0n) is 11.4. The molecule has 0 saturated heterocycles. The van der Waals surface area contributed by atoms with Gasteiger partial charge in [0.25, 0.3) is 0 Å². The summed E-state index contributed by atoms with van der Waals surface area (Å²) in [6, 6.07) is 6.07. The number of nitrogen functional groups attached to an aromatic ring is 1. The Morgan fingerprint density at radius 2 is 1.84 bits per heavy atom. The van der Waals surface area contributed by atoms with E-state index in [-0.39, 0.29) is 5.91 Å². The molecule has 0 spiro atoms. The molecule has 1 rings (SSSR count). The molecule has 0 fully saturated rings. The van der Waals surface area contributed by atoms with Crippen molar-refractivity contribution in [2.45, 2.75) is 27.2 Å². The third-order valence-electron chi connectivity index (χ3n) is 2.67. The fraction of sp³-hybridized carbons (Fsp3) is 0.286. The first-order valence-electron chi connectivity index (χ1n) is 6.08. The molecule has 1 aromatic rings. The van der Waals surface area contributed by atoms with Crippen molar-refractivity contribution >= 4 is 23.3 Å². The number of nitrogens with two attached hydrogens (primary N) is 1. The molecule has 5 heteroatoms. The van der Waals surface area contributed by atoms with E-state index in [4.69, 9.17) is 5.73 Å². The summed E-state index contributed by atoms with van der Waals surface area (Å²) < 4.78 is 0. The molecule has 0 aliphatic carbocycles. The van der Waals surface area contributed by atoms with Crippen molar-refractivity contribution in [2.75, 3.05) is 10.6 Å². The van der Waals surface area contributed by atoms with E-state index in [1.54, 1.807) is 30.5 Å². The van der Waals surface area contributed by atoms with Crippen molar-refractivity contribution in [1.82, 2.24) is 5.32 Å². The van der Waals surface area contributed by atoms with E-state index < -0.39 is 6.03 Å². The van der Waals surface area contributed by atoms with Gasteiger partial charge in [0.15, 0.2) is 0 Å². The summed E-state index contributed by atoms with van der Waals surface area (Å²) in [6.45, 7) is 5.23. The van der Waals surface area contributed by atoms with Crippen molar-refractivity contribution in [3.05, 3.63) is 36.0 Å². The Balaban J connectivity index is 2.92. The quantitative estimate of drug-likeness (QED) is 0.821. The second kappa shape index (κ2) is 6.58. The van der Waals surface area contributed by atoms with Gasteiger partial charge < -0.3 is 11.1 Å². The summed E-state index contributed by atoms with van der Waals surface area (Å²) in [5.41, 5.74) is 7.67. The maximum Gasteiger partial charge on any atom is 0.332 e. The minimum Gasteiger partial charge on any atom is -0.399 e. The average molecular weight is 261 g/mol. The largest absolute Gasteiger partial charge is 0.399 e. The maximum absolute atomic E-state index is 12.0. The average Bonchev–Trinajstić information content (AvgIpc) is 2.38. The van der Waals surface area contributed by atoms with Crippen LogP contribution in [0.3, 0.4) is 0 Å². The number of hydrogen-bond acceptors (Lipinski definition) is 3. The van der Waals surface area contributed by atoms with Gasteiger partial charge in [-0.05, 0) is 37.6 Å². The summed E-state index contributed by atoms with van der Waals surface area (Å²) in [6.07, 6.45) is 2.44. The number of urea groups is 1. The first kappa shape index (κ1) is 14.8. The highest BCUT2D eigenvalue weighted by Crippen LogP contribution is 2.16. The molecule has 19 heavy (non-hydrogen) atoms. The summed E-state index contributed by atoms with van der Waals surface area (Å²) in [4.78, 5) is 24.7. The molecule has 0 aliphatic heterocycles. The number of carbonyl (C=O) groups is 2. The minimum atomic E-state index is -0.481. The molecule has 0 radical (unpaired) electrons. The molecule has 3 N–H and O–H groups in total. The van der Waals surface area contributed by atoms with Crippen molar-refractivity contribution in [3.63, 3.8) is 0 Å². The van der Waals surface area contributed by atoms with Gasteiger partial charge in [-0.15, -0.1) is 0 Å². The van der Waals surface area contributed by atoms with Crippen LogP contribution in [0, 0.1) is 0 Å². The molecule has 5 nitrogen and oxygen atoms in total. The van der Waals surface area contributed by atoms with E-state index in [0.717, 1.165) is 16.9 Å². The van der Waals surface area contributed by atoms with Crippen LogP contribution in [0.1, 0.15) is 27.2 Å². The molecule has 0 aromatic heterocycles. The number of carbonyl (C=O) groups excluding carboxylic acids is 2. The van der Waals surface area contributed by atoms with Gasteiger partial charge in [0, 0.05) is 18.8 Å². The first-order valence-corrected chi connectivity index (χ1v) is 6.08. The van der Waals surface area contributed by atoms with Gasteiger partial charge in [-0.2, -0.15) is 0 Å². The van der Waals surface area contributed by atoms with Crippen molar-refractivity contribution in [2.24, 2.45) is 0 Å². The number of benzene rings is 1. The summed E-state index contributed by atoms with van der Waals surface area (Å²) in [5.74, 6) is -0.357. The second-order valence-electron chi connectivity index (χ2n) is 4.24. The van der Waals surface area contributed by atoms with E-state index in [1.165, 1.54) is 6.92 Å². The fourth-order valence-corrected chi connectivity index (χ4v) is 1.42. The highest BCUT2D eigenvalue weighted by atomic mass is 16.2. The lowest BCUT2D eigenvalue weighted by atomic mass is 10.2. The number of nitrogens with one attached hydrogen (secondary N) is 1. The third kappa shape index (κ3) is 4.13. The number of rotatable bonds is 3. The molecule has 3 amide bonds. The van der Waals surface area contributed by atoms with E-state index in [9.17, 15) is 9.59 Å². The number of nitrogens with zero attached hydrogens (tertiary/aromatic N) is 1. The van der Waals surface area contributed by atoms with Gasteiger partial charge in [-0.1, -0.05) is 12.5 Å². The highest BCUT2D eigenvalue weighted by molar-refractivity contribution is 6.13. The first-order chi connectivity index (χ1) is 8.95. The van der Waals surface area contributed by atoms with Crippen LogP contribution in [0.4, 0.5) is 16.2 Å². The molecule has 1 aromatic carbocycles. The Kier molecular flexibility index (Phi) is 5.11. The van der Waals surface area contributed by atoms with Gasteiger partial charge in [0.2, 0.25) is 5.91 Å². The fourth-order valence-electron chi connectivity index (χ4n) is 1.42. The molecule has 0 heterocycles. The minimum absolute atomic E-state index is 0.357. The number of anilines is 2. The summed E-state index contributed by atoms with van der Waals surface area (Å²) >= 11 is 0. The summed E-state index contributed by atoms with van der Waals surface area (Å²) in [7, 11) is 0. The number of amides is 3. The van der Waals surface area contributed by atoms with Gasteiger partial charge in [-0.25, -0.2) is 9.69 Å². The molecule has 0 atom stereocenters. The molecule has 102 valence electrons. The van der Waals surface area contributed by atoms with E-state index in [0.29, 0.717) is 11.4 Å². The van der Waals surface area contributed by atoms with Crippen molar-refractivity contribution in [3.8, 4) is 0 Å². The van der Waals surface area contributed by atoms with Crippen LogP contribution in [0.25, 0.3) is 0 Å². The van der Waals surface area contributed by atoms with Crippen LogP contribution >= 0.6 is 0 Å². The van der Waals surface area contributed by atoms with Gasteiger partial charge in [-0.3, -0.25) is 4.79 Å². The molecule has 0 aliphatic rings.